The molecule has 46 heavy (non-hydrogen) atoms. The molecule has 4 rings (SSSR count). The molecule has 3 fully saturated rings. The van der Waals surface area contributed by atoms with E-state index in [9.17, 15) is 20.1 Å². The molecular weight excluding hydrogens is 598 g/mol. The number of rotatable bonds is 7. The molecule has 0 aromatic rings. The van der Waals surface area contributed by atoms with E-state index in [1.807, 2.05) is 53.6 Å². The predicted molar refractivity (Wildman–Crippen MR) is 168 cm³/mol. The van der Waals surface area contributed by atoms with Crippen LogP contribution < -0.4 is 0 Å². The van der Waals surface area contributed by atoms with Gasteiger partial charge in [0.15, 0.2) is 12.6 Å². The number of aliphatic hydroxyl groups is 3. The SMILES string of the molecule is COC1(C)C[C@H](O[C@H]2[C@H](C)[C@@H](O[C@@H]3OC(C)CC(N(C)C)C3O)C3(C)CC(C)=C(O3)[C@H](C)[C@H](C(C)O)OC(=O)[C@@H]2C)OC(C)[C@@H]1O. The van der Waals surface area contributed by atoms with Crippen molar-refractivity contribution in [2.45, 2.75) is 160 Å². The van der Waals surface area contributed by atoms with Crippen LogP contribution in [0.3, 0.4) is 0 Å². The van der Waals surface area contributed by atoms with Crippen LogP contribution in [0.1, 0.15) is 81.6 Å². The van der Waals surface area contributed by atoms with Crippen LogP contribution in [0.4, 0.5) is 0 Å². The van der Waals surface area contributed by atoms with Crippen molar-refractivity contribution < 1.29 is 53.3 Å². The van der Waals surface area contributed by atoms with Crippen molar-refractivity contribution >= 4 is 5.97 Å². The number of esters is 1. The third-order valence-corrected chi connectivity index (χ3v) is 10.8. The summed E-state index contributed by atoms with van der Waals surface area (Å²) >= 11 is 0. The lowest BCUT2D eigenvalue weighted by molar-refractivity contribution is -0.316. The summed E-state index contributed by atoms with van der Waals surface area (Å²) in [6, 6.07) is -0.192. The topological polar surface area (TPSA) is 146 Å². The highest BCUT2D eigenvalue weighted by molar-refractivity contribution is 5.73. The van der Waals surface area contributed by atoms with Crippen molar-refractivity contribution in [3.8, 4) is 0 Å². The van der Waals surface area contributed by atoms with E-state index in [0.29, 0.717) is 18.6 Å². The Kier molecular flexibility index (Phi) is 11.6. The van der Waals surface area contributed by atoms with Crippen LogP contribution >= 0.6 is 0 Å². The van der Waals surface area contributed by atoms with Crippen LogP contribution in [0.2, 0.25) is 0 Å². The molecule has 12 heteroatoms. The van der Waals surface area contributed by atoms with Crippen molar-refractivity contribution in [2.75, 3.05) is 21.2 Å². The number of methoxy groups -OCH3 is 1. The minimum atomic E-state index is -0.970. The van der Waals surface area contributed by atoms with Gasteiger partial charge in [0.05, 0.1) is 41.9 Å². The number of likely N-dealkylation sites (N-methyl/N-ethyl adjacent to an activating group) is 1. The highest BCUT2D eigenvalue weighted by atomic mass is 16.7. The second-order valence-corrected chi connectivity index (χ2v) is 15.0. The Morgan fingerprint density at radius 1 is 1.02 bits per heavy atom. The summed E-state index contributed by atoms with van der Waals surface area (Å²) < 4.78 is 44.4. The molecule has 2 bridgehead atoms. The Morgan fingerprint density at radius 2 is 1.67 bits per heavy atom. The van der Waals surface area contributed by atoms with Gasteiger partial charge >= 0.3 is 5.97 Å². The summed E-state index contributed by atoms with van der Waals surface area (Å²) in [4.78, 5) is 15.9. The van der Waals surface area contributed by atoms with E-state index in [1.54, 1.807) is 27.7 Å². The Balaban J connectivity index is 1.78. The van der Waals surface area contributed by atoms with Crippen LogP contribution in [0.5, 0.6) is 0 Å². The van der Waals surface area contributed by atoms with Gasteiger partial charge in [0.25, 0.3) is 0 Å². The lowest BCUT2D eigenvalue weighted by Crippen LogP contribution is -2.60. The standard InChI is InChI=1S/C34H59NO11/c1-16-14-34(9)30(45-32-25(37)23(35(10)11)13-17(2)41-32)19(4)27(43-24-15-33(8,40-12)29(38)22(7)42-24)20(5)31(39)44-28(21(6)36)18(3)26(16)46-34/h17-25,27-30,32,36-38H,13-15H2,1-12H3/t17?,18-,19-,20+,21?,22?,23?,24-,25?,27-,28+,29-,30+,32-,33?,34?/m0/s1. The summed E-state index contributed by atoms with van der Waals surface area (Å²) in [6.45, 7) is 16.6. The molecule has 7 unspecified atom stereocenters. The Bertz CT molecular complexity index is 1100. The largest absolute Gasteiger partial charge is 0.488 e. The number of aliphatic hydroxyl groups excluding tert-OH is 3. The number of hydrogen-bond donors (Lipinski definition) is 3. The van der Waals surface area contributed by atoms with Gasteiger partial charge in [-0.3, -0.25) is 4.79 Å². The summed E-state index contributed by atoms with van der Waals surface area (Å²) in [5.74, 6) is -1.68. The lowest BCUT2D eigenvalue weighted by atomic mass is 9.79. The third kappa shape index (κ3) is 7.30. The van der Waals surface area contributed by atoms with Gasteiger partial charge in [-0.2, -0.15) is 0 Å². The first-order valence-electron chi connectivity index (χ1n) is 16.8. The number of carbonyl (C=O) groups excluding carboxylic acids is 1. The first kappa shape index (κ1) is 37.5. The predicted octanol–water partition coefficient (Wildman–Crippen LogP) is 2.75. The quantitative estimate of drug-likeness (QED) is 0.346. The molecule has 4 aliphatic rings. The molecule has 0 saturated carbocycles. The zero-order valence-electron chi connectivity index (χ0n) is 29.8. The van der Waals surface area contributed by atoms with Gasteiger partial charge in [0.2, 0.25) is 0 Å². The molecule has 266 valence electrons. The van der Waals surface area contributed by atoms with Gasteiger partial charge in [-0.1, -0.05) is 13.8 Å². The molecule has 16 atom stereocenters. The fourth-order valence-electron chi connectivity index (χ4n) is 8.03. The van der Waals surface area contributed by atoms with Crippen molar-refractivity contribution in [2.24, 2.45) is 17.8 Å². The number of nitrogens with zero attached hydrogens (tertiary/aromatic N) is 1. The lowest BCUT2D eigenvalue weighted by Gasteiger charge is -2.48. The normalized spacial score (nSPS) is 48.1. The van der Waals surface area contributed by atoms with Crippen LogP contribution in [-0.4, -0.2) is 126 Å². The monoisotopic (exact) mass is 657 g/mol. The third-order valence-electron chi connectivity index (χ3n) is 10.8. The summed E-state index contributed by atoms with van der Waals surface area (Å²) in [5, 5.41) is 33.1. The first-order valence-corrected chi connectivity index (χ1v) is 16.8. The van der Waals surface area contributed by atoms with Gasteiger partial charge in [-0.25, -0.2) is 0 Å². The van der Waals surface area contributed by atoms with Crippen molar-refractivity contribution in [1.82, 2.24) is 4.90 Å². The van der Waals surface area contributed by atoms with E-state index < -0.39 is 90.2 Å². The Hall–Kier alpha value is -1.35. The van der Waals surface area contributed by atoms with Gasteiger partial charge in [0, 0.05) is 31.9 Å². The molecule has 0 aromatic heterocycles. The molecule has 0 aromatic carbocycles. The Morgan fingerprint density at radius 3 is 2.26 bits per heavy atom. The van der Waals surface area contributed by atoms with Gasteiger partial charge in [0.1, 0.15) is 35.8 Å². The molecule has 0 radical (unpaired) electrons. The molecule has 4 aliphatic heterocycles. The van der Waals surface area contributed by atoms with E-state index in [0.717, 1.165) is 5.57 Å². The molecule has 0 amide bonds. The highest BCUT2D eigenvalue weighted by Gasteiger charge is 2.55. The number of fused-ring (bicyclic) bond motifs is 2. The molecule has 12 nitrogen and oxygen atoms in total. The molecule has 0 aliphatic carbocycles. The van der Waals surface area contributed by atoms with Crippen molar-refractivity contribution in [1.29, 1.82) is 0 Å². The second kappa shape index (κ2) is 14.2. The minimum absolute atomic E-state index is 0.172. The van der Waals surface area contributed by atoms with Crippen molar-refractivity contribution in [3.05, 3.63) is 11.3 Å². The van der Waals surface area contributed by atoms with Crippen molar-refractivity contribution in [3.63, 3.8) is 0 Å². The molecule has 3 N–H and O–H groups in total. The zero-order valence-corrected chi connectivity index (χ0v) is 29.8. The smallest absolute Gasteiger partial charge is 0.311 e. The fraction of sp³-hybridized carbons (Fsp3) is 0.912. The average Bonchev–Trinajstić information content (AvgIpc) is 3.29. The van der Waals surface area contributed by atoms with E-state index in [4.69, 9.17) is 33.2 Å². The van der Waals surface area contributed by atoms with E-state index in [1.165, 1.54) is 7.11 Å². The van der Waals surface area contributed by atoms with Gasteiger partial charge in [-0.05, 0) is 74.6 Å². The van der Waals surface area contributed by atoms with E-state index in [2.05, 4.69) is 0 Å². The Labute approximate surface area is 274 Å². The maximum absolute atomic E-state index is 13.9. The van der Waals surface area contributed by atoms with E-state index >= 15 is 0 Å². The number of cyclic esters (lactones) is 1. The maximum atomic E-state index is 13.9. The molecule has 4 heterocycles. The number of carbonyl (C=O) groups is 1. The zero-order chi connectivity index (χ0) is 34.5. The van der Waals surface area contributed by atoms with Gasteiger partial charge in [-0.15, -0.1) is 0 Å². The summed E-state index contributed by atoms with van der Waals surface area (Å²) in [6.07, 6.45) is -6.43. The number of hydrogen-bond acceptors (Lipinski definition) is 12. The summed E-state index contributed by atoms with van der Waals surface area (Å²) in [7, 11) is 5.39. The van der Waals surface area contributed by atoms with Crippen LogP contribution in [-0.2, 0) is 38.0 Å². The second-order valence-electron chi connectivity index (χ2n) is 15.0. The molecular formula is C34H59NO11. The van der Waals surface area contributed by atoms with Crippen LogP contribution in [0.25, 0.3) is 0 Å². The average molecular weight is 658 g/mol. The van der Waals surface area contributed by atoms with Crippen LogP contribution in [0.15, 0.2) is 11.3 Å². The molecule has 3 saturated heterocycles. The van der Waals surface area contributed by atoms with E-state index in [-0.39, 0.29) is 18.6 Å². The number of ether oxygens (including phenoxy) is 7. The van der Waals surface area contributed by atoms with Crippen LogP contribution in [0, 0.1) is 17.8 Å². The molecule has 0 spiro atoms. The fourth-order valence-corrected chi connectivity index (χ4v) is 8.03. The maximum Gasteiger partial charge on any atom is 0.311 e. The minimum Gasteiger partial charge on any atom is -0.488 e. The first-order chi connectivity index (χ1) is 21.3. The highest BCUT2D eigenvalue weighted by Crippen LogP contribution is 2.47. The summed E-state index contributed by atoms with van der Waals surface area (Å²) in [5.41, 5.74) is -0.928. The van der Waals surface area contributed by atoms with Gasteiger partial charge < -0.3 is 53.4 Å².